The minimum Gasteiger partial charge on any atom is -0.465 e. The molecular weight excluding hydrogens is 436 g/mol. The zero-order valence-electron chi connectivity index (χ0n) is 21.5. The van der Waals surface area contributed by atoms with Crippen molar-refractivity contribution in [2.45, 2.75) is 91.1 Å². The summed E-state index contributed by atoms with van der Waals surface area (Å²) in [5, 5.41) is 32.8. The Morgan fingerprint density at radius 3 is 2.41 bits per heavy atom. The highest BCUT2D eigenvalue weighted by Gasteiger charge is 2.64. The lowest BCUT2D eigenvalue weighted by atomic mass is 9.44. The first kappa shape index (κ1) is 28.3. The summed E-state index contributed by atoms with van der Waals surface area (Å²) in [5.41, 5.74) is -1.61. The van der Waals surface area contributed by atoms with Gasteiger partial charge in [0, 0.05) is 17.9 Å². The van der Waals surface area contributed by atoms with Gasteiger partial charge in [-0.15, -0.1) is 6.58 Å². The molecule has 2 saturated carbocycles. The molecule has 2 aliphatic rings. The number of carbonyl (C=O) groups excluding carboxylic acids is 2. The number of carbonyl (C=O) groups is 2. The fourth-order valence-electron chi connectivity index (χ4n) is 5.92. The zero-order chi connectivity index (χ0) is 26.1. The molecule has 0 aliphatic heterocycles. The summed E-state index contributed by atoms with van der Waals surface area (Å²) in [4.78, 5) is 24.5. The first-order valence-corrected chi connectivity index (χ1v) is 12.0. The van der Waals surface area contributed by atoms with Crippen molar-refractivity contribution in [1.29, 1.82) is 0 Å². The number of esters is 2. The molecule has 3 N–H and O–H groups in total. The van der Waals surface area contributed by atoms with Crippen LogP contribution in [0.2, 0.25) is 0 Å². The van der Waals surface area contributed by atoms with Gasteiger partial charge in [-0.3, -0.25) is 4.79 Å². The van der Waals surface area contributed by atoms with Gasteiger partial charge in [-0.2, -0.15) is 0 Å². The second-order valence-electron chi connectivity index (χ2n) is 10.9. The average molecular weight is 479 g/mol. The van der Waals surface area contributed by atoms with Crippen LogP contribution in [0.1, 0.15) is 67.2 Å². The number of allylic oxidation sites excluding steroid dienone is 1. The van der Waals surface area contributed by atoms with E-state index in [-0.39, 0.29) is 24.9 Å². The van der Waals surface area contributed by atoms with Crippen LogP contribution in [0.15, 0.2) is 36.5 Å². The van der Waals surface area contributed by atoms with Gasteiger partial charge in [-0.25, -0.2) is 4.79 Å². The molecule has 0 bridgehead atoms. The van der Waals surface area contributed by atoms with E-state index >= 15 is 0 Å². The Morgan fingerprint density at radius 2 is 1.88 bits per heavy atom. The fraction of sp³-hybridized carbons (Fsp3) is 0.704. The third kappa shape index (κ3) is 5.47. The molecule has 7 heteroatoms. The maximum absolute atomic E-state index is 12.6. The van der Waals surface area contributed by atoms with Crippen molar-refractivity contribution < 1.29 is 34.4 Å². The first-order valence-electron chi connectivity index (χ1n) is 12.0. The average Bonchev–Trinajstić information content (AvgIpc) is 2.77. The van der Waals surface area contributed by atoms with Gasteiger partial charge >= 0.3 is 11.9 Å². The predicted molar refractivity (Wildman–Crippen MR) is 130 cm³/mol. The smallest absolute Gasteiger partial charge is 0.333 e. The molecule has 192 valence electrons. The van der Waals surface area contributed by atoms with Crippen LogP contribution in [0.3, 0.4) is 0 Å². The maximum atomic E-state index is 12.6. The van der Waals surface area contributed by atoms with Crippen LogP contribution in [-0.2, 0) is 19.1 Å². The number of rotatable bonds is 8. The van der Waals surface area contributed by atoms with Gasteiger partial charge in [-0.05, 0) is 69.3 Å². The second kappa shape index (κ2) is 10.3. The summed E-state index contributed by atoms with van der Waals surface area (Å²) < 4.78 is 11.4. The van der Waals surface area contributed by atoms with Gasteiger partial charge in [0.1, 0.15) is 6.10 Å². The molecule has 0 heterocycles. The van der Waals surface area contributed by atoms with Crippen molar-refractivity contribution in [3.05, 3.63) is 36.5 Å². The highest BCUT2D eigenvalue weighted by Crippen LogP contribution is 2.62. The number of aliphatic hydroxyl groups excluding tert-OH is 2. The van der Waals surface area contributed by atoms with Crippen molar-refractivity contribution in [3.63, 3.8) is 0 Å². The van der Waals surface area contributed by atoms with Crippen LogP contribution >= 0.6 is 0 Å². The van der Waals surface area contributed by atoms with Gasteiger partial charge in [0.15, 0.2) is 0 Å². The van der Waals surface area contributed by atoms with Crippen LogP contribution in [0.25, 0.3) is 0 Å². The Bertz CT molecular complexity index is 840. The van der Waals surface area contributed by atoms with E-state index in [1.54, 1.807) is 26.8 Å². The number of hydrogen-bond donors (Lipinski definition) is 3. The van der Waals surface area contributed by atoms with Crippen molar-refractivity contribution in [3.8, 4) is 0 Å². The van der Waals surface area contributed by atoms with E-state index in [1.807, 2.05) is 13.8 Å². The van der Waals surface area contributed by atoms with E-state index in [2.05, 4.69) is 13.2 Å². The zero-order valence-corrected chi connectivity index (χ0v) is 21.5. The van der Waals surface area contributed by atoms with Crippen molar-refractivity contribution in [2.24, 2.45) is 22.7 Å². The van der Waals surface area contributed by atoms with E-state index in [1.165, 1.54) is 13.0 Å². The molecule has 2 fully saturated rings. The van der Waals surface area contributed by atoms with Gasteiger partial charge in [-0.1, -0.05) is 32.6 Å². The summed E-state index contributed by atoms with van der Waals surface area (Å²) in [6.07, 6.45) is 1.90. The lowest BCUT2D eigenvalue weighted by Crippen LogP contribution is -2.65. The van der Waals surface area contributed by atoms with E-state index in [0.717, 1.165) is 0 Å². The largest absolute Gasteiger partial charge is 0.465 e. The second-order valence-corrected chi connectivity index (χ2v) is 10.9. The Balaban J connectivity index is 2.60. The summed E-state index contributed by atoms with van der Waals surface area (Å²) in [6, 6.07) is 0. The molecule has 0 saturated heterocycles. The molecular formula is C27H42O7. The molecule has 0 radical (unpaired) electrons. The van der Waals surface area contributed by atoms with Crippen LogP contribution in [0, 0.1) is 22.7 Å². The molecule has 2 aliphatic carbocycles. The topological polar surface area (TPSA) is 113 Å². The SMILES string of the molecule is C=CC(C)(O)CCC1C(=C)C(O)CC2C(C)(C)C(O)C(OC(=O)C(C)=CC)CC12COC(C)=O. The van der Waals surface area contributed by atoms with Crippen molar-refractivity contribution in [1.82, 2.24) is 0 Å². The molecule has 0 aromatic carbocycles. The Morgan fingerprint density at radius 1 is 1.26 bits per heavy atom. The number of fused-ring (bicyclic) bond motifs is 1. The lowest BCUT2D eigenvalue weighted by Gasteiger charge is -2.62. The van der Waals surface area contributed by atoms with Gasteiger partial charge in [0.2, 0.25) is 0 Å². The van der Waals surface area contributed by atoms with Gasteiger partial charge in [0.05, 0.1) is 24.4 Å². The fourth-order valence-corrected chi connectivity index (χ4v) is 5.92. The summed E-state index contributed by atoms with van der Waals surface area (Å²) in [6.45, 7) is 18.1. The van der Waals surface area contributed by atoms with E-state index in [9.17, 15) is 24.9 Å². The van der Waals surface area contributed by atoms with Crippen LogP contribution < -0.4 is 0 Å². The quantitative estimate of drug-likeness (QED) is 0.278. The Kier molecular flexibility index (Phi) is 8.60. The third-order valence-corrected chi connectivity index (χ3v) is 8.25. The molecule has 0 aromatic heterocycles. The minimum atomic E-state index is -1.13. The molecule has 0 aromatic rings. The summed E-state index contributed by atoms with van der Waals surface area (Å²) in [7, 11) is 0. The number of hydrogen-bond acceptors (Lipinski definition) is 7. The number of aliphatic hydroxyl groups is 3. The predicted octanol–water partition coefficient (Wildman–Crippen LogP) is 3.48. The highest BCUT2D eigenvalue weighted by molar-refractivity contribution is 5.87. The van der Waals surface area contributed by atoms with Gasteiger partial charge in [0.25, 0.3) is 0 Å². The first-order chi connectivity index (χ1) is 15.6. The molecule has 2 rings (SSSR count). The van der Waals surface area contributed by atoms with E-state index in [4.69, 9.17) is 9.47 Å². The van der Waals surface area contributed by atoms with Crippen LogP contribution in [-0.4, -0.2) is 57.8 Å². The Hall–Kier alpha value is -1.96. The molecule has 7 unspecified atom stereocenters. The summed E-state index contributed by atoms with van der Waals surface area (Å²) in [5.74, 6) is -1.55. The monoisotopic (exact) mass is 478 g/mol. The van der Waals surface area contributed by atoms with E-state index < -0.39 is 46.7 Å². The van der Waals surface area contributed by atoms with Crippen LogP contribution in [0.4, 0.5) is 0 Å². The molecule has 0 spiro atoms. The third-order valence-electron chi connectivity index (χ3n) is 8.25. The van der Waals surface area contributed by atoms with Crippen molar-refractivity contribution in [2.75, 3.05) is 6.61 Å². The van der Waals surface area contributed by atoms with Gasteiger partial charge < -0.3 is 24.8 Å². The standard InChI is InChI=1S/C27H42O7/c1-9-16(3)24(31)34-21-14-27(15-33-18(5)28)19(11-12-26(8,32)10-2)17(4)20(29)13-22(27)25(6,7)23(21)30/h9-10,19-23,29-30,32H,2,4,11-15H2,1,3,5-8H3. The van der Waals surface area contributed by atoms with E-state index in [0.29, 0.717) is 30.4 Å². The van der Waals surface area contributed by atoms with Crippen LogP contribution in [0.5, 0.6) is 0 Å². The highest BCUT2D eigenvalue weighted by atomic mass is 16.6. The number of ether oxygens (including phenoxy) is 2. The van der Waals surface area contributed by atoms with Crippen molar-refractivity contribution >= 4 is 11.9 Å². The Labute approximate surface area is 203 Å². The molecule has 7 atom stereocenters. The molecule has 7 nitrogen and oxygen atoms in total. The molecule has 34 heavy (non-hydrogen) atoms. The lowest BCUT2D eigenvalue weighted by molar-refractivity contribution is -0.222. The minimum absolute atomic E-state index is 0.0342. The normalized spacial score (nSPS) is 35.0. The molecule has 0 amide bonds. The summed E-state index contributed by atoms with van der Waals surface area (Å²) >= 11 is 0. The maximum Gasteiger partial charge on any atom is 0.333 e.